The molecule has 0 saturated carbocycles. The number of sulfonamides is 1. The fraction of sp³-hybridized carbons (Fsp3) is 0.647. The second-order valence-electron chi connectivity index (χ2n) is 6.70. The number of ether oxygens (including phenoxy) is 2. The lowest BCUT2D eigenvalue weighted by molar-refractivity contribution is 0.165. The number of nitrogens with one attached hydrogen (secondary N) is 2. The highest BCUT2D eigenvalue weighted by Crippen LogP contribution is 2.23. The van der Waals surface area contributed by atoms with E-state index in [0.717, 1.165) is 38.4 Å². The molecule has 0 spiro atoms. The van der Waals surface area contributed by atoms with Crippen molar-refractivity contribution in [3.05, 3.63) is 24.0 Å². The van der Waals surface area contributed by atoms with Crippen LogP contribution in [-0.2, 0) is 14.8 Å². The third-order valence-electron chi connectivity index (χ3n) is 4.67. The van der Waals surface area contributed by atoms with Gasteiger partial charge in [-0.2, -0.15) is 0 Å². The van der Waals surface area contributed by atoms with Crippen molar-refractivity contribution in [1.29, 1.82) is 0 Å². The summed E-state index contributed by atoms with van der Waals surface area (Å²) in [5.41, 5.74) is 0. The smallest absolute Gasteiger partial charge is 0.240 e. The first-order valence-electron chi connectivity index (χ1n) is 8.75. The van der Waals surface area contributed by atoms with Gasteiger partial charge in [-0.1, -0.05) is 0 Å². The number of piperidine rings is 1. The zero-order valence-corrected chi connectivity index (χ0v) is 15.0. The Morgan fingerprint density at radius 1 is 1.32 bits per heavy atom. The van der Waals surface area contributed by atoms with Gasteiger partial charge in [0.15, 0.2) is 11.6 Å². The van der Waals surface area contributed by atoms with Crippen LogP contribution in [0.4, 0.5) is 4.39 Å². The van der Waals surface area contributed by atoms with Gasteiger partial charge >= 0.3 is 0 Å². The highest BCUT2D eigenvalue weighted by Gasteiger charge is 2.21. The summed E-state index contributed by atoms with van der Waals surface area (Å²) >= 11 is 0. The Hall–Kier alpha value is -1.22. The minimum atomic E-state index is -3.72. The van der Waals surface area contributed by atoms with Crippen LogP contribution in [0, 0.1) is 17.7 Å². The molecule has 2 N–H and O–H groups in total. The van der Waals surface area contributed by atoms with E-state index < -0.39 is 15.8 Å². The van der Waals surface area contributed by atoms with Gasteiger partial charge in [0.05, 0.1) is 18.1 Å². The van der Waals surface area contributed by atoms with E-state index in [-0.39, 0.29) is 22.5 Å². The number of benzene rings is 1. The Kier molecular flexibility index (Phi) is 6.27. The highest BCUT2D eigenvalue weighted by molar-refractivity contribution is 7.89. The summed E-state index contributed by atoms with van der Waals surface area (Å²) in [6, 6.07) is 3.77. The Labute approximate surface area is 148 Å². The molecule has 2 saturated heterocycles. The molecule has 0 bridgehead atoms. The van der Waals surface area contributed by atoms with Gasteiger partial charge in [0, 0.05) is 19.1 Å². The summed E-state index contributed by atoms with van der Waals surface area (Å²) in [5.74, 6) is -0.0679. The SMILES string of the molecule is O=S(=O)(NCC1CCCNC1)c1ccc(OCC2CCOC2)c(F)c1. The molecule has 0 aliphatic carbocycles. The zero-order chi connectivity index (χ0) is 17.7. The molecule has 3 rings (SSSR count). The van der Waals surface area contributed by atoms with Crippen molar-refractivity contribution in [3.8, 4) is 5.75 Å². The Morgan fingerprint density at radius 3 is 2.88 bits per heavy atom. The van der Waals surface area contributed by atoms with E-state index in [4.69, 9.17) is 9.47 Å². The normalized spacial score (nSPS) is 24.4. The minimum Gasteiger partial charge on any atom is -0.490 e. The van der Waals surface area contributed by atoms with Crippen LogP contribution in [0.3, 0.4) is 0 Å². The number of halogens is 1. The van der Waals surface area contributed by atoms with E-state index in [9.17, 15) is 12.8 Å². The van der Waals surface area contributed by atoms with E-state index >= 15 is 0 Å². The average Bonchev–Trinajstić information content (AvgIpc) is 3.13. The molecular formula is C17H25FN2O4S. The van der Waals surface area contributed by atoms with Gasteiger partial charge in [0.2, 0.25) is 10.0 Å². The molecule has 2 aliphatic rings. The lowest BCUT2D eigenvalue weighted by Gasteiger charge is -2.22. The van der Waals surface area contributed by atoms with Crippen LogP contribution in [0.5, 0.6) is 5.75 Å². The van der Waals surface area contributed by atoms with Crippen molar-refractivity contribution in [1.82, 2.24) is 10.0 Å². The molecule has 2 unspecified atom stereocenters. The molecule has 2 atom stereocenters. The largest absolute Gasteiger partial charge is 0.490 e. The monoisotopic (exact) mass is 372 g/mol. The predicted octanol–water partition coefficient (Wildman–Crippen LogP) is 1.52. The van der Waals surface area contributed by atoms with Gasteiger partial charge in [-0.15, -0.1) is 0 Å². The predicted molar refractivity (Wildman–Crippen MR) is 91.6 cm³/mol. The maximum absolute atomic E-state index is 14.2. The second kappa shape index (κ2) is 8.44. The fourth-order valence-electron chi connectivity index (χ4n) is 3.10. The maximum atomic E-state index is 14.2. The van der Waals surface area contributed by atoms with Crippen molar-refractivity contribution in [2.24, 2.45) is 11.8 Å². The van der Waals surface area contributed by atoms with Gasteiger partial charge in [-0.25, -0.2) is 17.5 Å². The molecule has 0 aromatic heterocycles. The van der Waals surface area contributed by atoms with Crippen molar-refractivity contribution in [2.45, 2.75) is 24.2 Å². The summed E-state index contributed by atoms with van der Waals surface area (Å²) in [6.07, 6.45) is 2.93. The molecule has 1 aromatic rings. The van der Waals surface area contributed by atoms with Crippen LogP contribution >= 0.6 is 0 Å². The fourth-order valence-corrected chi connectivity index (χ4v) is 4.22. The standard InChI is InChI=1S/C17H25FN2O4S/c18-16-8-15(3-4-17(16)24-12-14-5-7-23-11-14)25(21,22)20-10-13-2-1-6-19-9-13/h3-4,8,13-14,19-20H,1-2,5-7,9-12H2. The van der Waals surface area contributed by atoms with E-state index in [1.54, 1.807) is 0 Å². The molecule has 2 aliphatic heterocycles. The van der Waals surface area contributed by atoms with Gasteiger partial charge in [-0.3, -0.25) is 0 Å². The molecule has 0 radical (unpaired) electrons. The second-order valence-corrected chi connectivity index (χ2v) is 8.46. The molecule has 6 nitrogen and oxygen atoms in total. The highest BCUT2D eigenvalue weighted by atomic mass is 32.2. The van der Waals surface area contributed by atoms with Crippen LogP contribution in [0.2, 0.25) is 0 Å². The summed E-state index contributed by atoms with van der Waals surface area (Å²) in [4.78, 5) is -0.0784. The van der Waals surface area contributed by atoms with Crippen LogP contribution in [0.1, 0.15) is 19.3 Å². The minimum absolute atomic E-state index is 0.0716. The third-order valence-corrected chi connectivity index (χ3v) is 6.09. The van der Waals surface area contributed by atoms with Crippen LogP contribution in [-0.4, -0.2) is 47.9 Å². The topological polar surface area (TPSA) is 76.7 Å². The van der Waals surface area contributed by atoms with Gasteiger partial charge in [0.25, 0.3) is 0 Å². The van der Waals surface area contributed by atoms with E-state index in [1.807, 2.05) is 0 Å². The zero-order valence-electron chi connectivity index (χ0n) is 14.2. The molecule has 0 amide bonds. The van der Waals surface area contributed by atoms with Crippen LogP contribution < -0.4 is 14.8 Å². The quantitative estimate of drug-likeness (QED) is 0.759. The molecule has 2 heterocycles. The molecular weight excluding hydrogens is 347 g/mol. The maximum Gasteiger partial charge on any atom is 0.240 e. The molecule has 8 heteroatoms. The van der Waals surface area contributed by atoms with Crippen molar-refractivity contribution < 1.29 is 22.3 Å². The summed E-state index contributed by atoms with van der Waals surface area (Å²) in [7, 11) is -3.72. The number of rotatable bonds is 7. The van der Waals surface area contributed by atoms with Crippen molar-refractivity contribution >= 4 is 10.0 Å². The first-order chi connectivity index (χ1) is 12.0. The van der Waals surface area contributed by atoms with Crippen LogP contribution in [0.15, 0.2) is 23.1 Å². The Balaban J connectivity index is 1.57. The molecule has 1 aromatic carbocycles. The summed E-state index contributed by atoms with van der Waals surface area (Å²) in [6.45, 7) is 3.83. The summed E-state index contributed by atoms with van der Waals surface area (Å²) in [5, 5.41) is 3.24. The van der Waals surface area contributed by atoms with Gasteiger partial charge in [0.1, 0.15) is 0 Å². The first kappa shape index (κ1) is 18.6. The number of hydrogen-bond donors (Lipinski definition) is 2. The van der Waals surface area contributed by atoms with Crippen molar-refractivity contribution in [3.63, 3.8) is 0 Å². The summed E-state index contributed by atoms with van der Waals surface area (Å²) < 4.78 is 52.2. The Morgan fingerprint density at radius 2 is 2.20 bits per heavy atom. The van der Waals surface area contributed by atoms with Gasteiger partial charge < -0.3 is 14.8 Å². The lowest BCUT2D eigenvalue weighted by atomic mass is 10.0. The van der Waals surface area contributed by atoms with Crippen molar-refractivity contribution in [2.75, 3.05) is 39.5 Å². The van der Waals surface area contributed by atoms with Gasteiger partial charge in [-0.05, 0) is 56.5 Å². The molecule has 2 fully saturated rings. The first-order valence-corrected chi connectivity index (χ1v) is 10.2. The lowest BCUT2D eigenvalue weighted by Crippen LogP contribution is -2.38. The van der Waals surface area contributed by atoms with E-state index in [0.29, 0.717) is 26.4 Å². The average molecular weight is 372 g/mol. The van der Waals surface area contributed by atoms with E-state index in [2.05, 4.69) is 10.0 Å². The third kappa shape index (κ3) is 5.13. The van der Waals surface area contributed by atoms with Crippen LogP contribution in [0.25, 0.3) is 0 Å². The Bertz CT molecular complexity index is 671. The molecule has 25 heavy (non-hydrogen) atoms. The van der Waals surface area contributed by atoms with E-state index in [1.165, 1.54) is 12.1 Å². The molecule has 140 valence electrons. The number of hydrogen-bond acceptors (Lipinski definition) is 5.